The van der Waals surface area contributed by atoms with Crippen LogP contribution in [0.5, 0.6) is 0 Å². The molecule has 0 radical (unpaired) electrons. The zero-order chi connectivity index (χ0) is 15.8. The molecule has 7 nitrogen and oxygen atoms in total. The predicted octanol–water partition coefficient (Wildman–Crippen LogP) is -0.0844. The van der Waals surface area contributed by atoms with E-state index < -0.39 is 20.0 Å². The van der Waals surface area contributed by atoms with Gasteiger partial charge < -0.3 is 5.32 Å². The van der Waals surface area contributed by atoms with Crippen molar-refractivity contribution in [3.05, 3.63) is 30.3 Å². The van der Waals surface area contributed by atoms with Crippen LogP contribution in [0.15, 0.2) is 35.2 Å². The average molecular weight is 372 g/mol. The van der Waals surface area contributed by atoms with Crippen LogP contribution in [-0.2, 0) is 20.0 Å². The van der Waals surface area contributed by atoms with Crippen molar-refractivity contribution < 1.29 is 16.8 Å². The van der Waals surface area contributed by atoms with E-state index in [2.05, 4.69) is 14.8 Å². The van der Waals surface area contributed by atoms with Crippen molar-refractivity contribution in [2.75, 3.05) is 32.4 Å². The van der Waals surface area contributed by atoms with Crippen LogP contribution < -0.4 is 14.8 Å². The van der Waals surface area contributed by atoms with E-state index >= 15 is 0 Å². The van der Waals surface area contributed by atoms with E-state index in [0.29, 0.717) is 19.5 Å². The second-order valence-corrected chi connectivity index (χ2v) is 8.07. The topological polar surface area (TPSA) is 104 Å². The number of hydrogen-bond acceptors (Lipinski definition) is 5. The smallest absolute Gasteiger partial charge is 0.240 e. The number of halogens is 1. The van der Waals surface area contributed by atoms with Gasteiger partial charge in [0.15, 0.2) is 0 Å². The fraction of sp³-hybridized carbons (Fsp3) is 0.500. The molecule has 0 saturated heterocycles. The molecule has 0 unspecified atom stereocenters. The summed E-state index contributed by atoms with van der Waals surface area (Å²) in [5.41, 5.74) is 0. The van der Waals surface area contributed by atoms with E-state index in [4.69, 9.17) is 0 Å². The molecule has 0 aromatic heterocycles. The summed E-state index contributed by atoms with van der Waals surface area (Å²) < 4.78 is 51.8. The Balaban J connectivity index is 0.00000441. The summed E-state index contributed by atoms with van der Waals surface area (Å²) in [6.07, 6.45) is 0.672. The van der Waals surface area contributed by atoms with Gasteiger partial charge in [0.25, 0.3) is 0 Å². The lowest BCUT2D eigenvalue weighted by molar-refractivity contribution is 0.572. The van der Waals surface area contributed by atoms with Crippen molar-refractivity contribution in [1.29, 1.82) is 0 Å². The SMILES string of the molecule is CNCCCNS(=O)(=O)CCNS(=O)(=O)c1ccccc1.Cl. The molecule has 0 fully saturated rings. The number of rotatable bonds is 10. The van der Waals surface area contributed by atoms with Crippen molar-refractivity contribution >= 4 is 32.5 Å². The Morgan fingerprint density at radius 3 is 2.14 bits per heavy atom. The Morgan fingerprint density at radius 1 is 0.909 bits per heavy atom. The largest absolute Gasteiger partial charge is 0.320 e. The molecular weight excluding hydrogens is 350 g/mol. The second-order valence-electron chi connectivity index (χ2n) is 4.38. The van der Waals surface area contributed by atoms with Crippen molar-refractivity contribution in [3.63, 3.8) is 0 Å². The fourth-order valence-electron chi connectivity index (χ4n) is 1.56. The van der Waals surface area contributed by atoms with Crippen molar-refractivity contribution in [3.8, 4) is 0 Å². The molecule has 0 saturated carbocycles. The molecule has 0 atom stereocenters. The van der Waals surface area contributed by atoms with Gasteiger partial charge in [-0.15, -0.1) is 12.4 Å². The van der Waals surface area contributed by atoms with Crippen LogP contribution in [0.4, 0.5) is 0 Å². The van der Waals surface area contributed by atoms with Crippen LogP contribution in [0.25, 0.3) is 0 Å². The molecule has 3 N–H and O–H groups in total. The molecule has 0 amide bonds. The maximum absolute atomic E-state index is 11.9. The Morgan fingerprint density at radius 2 is 1.55 bits per heavy atom. The lowest BCUT2D eigenvalue weighted by Gasteiger charge is -2.08. The van der Waals surface area contributed by atoms with Gasteiger partial charge in [0, 0.05) is 13.1 Å². The number of sulfonamides is 2. The highest BCUT2D eigenvalue weighted by molar-refractivity contribution is 7.90. The molecule has 1 rings (SSSR count). The molecule has 22 heavy (non-hydrogen) atoms. The zero-order valence-corrected chi connectivity index (χ0v) is 14.7. The summed E-state index contributed by atoms with van der Waals surface area (Å²) >= 11 is 0. The van der Waals surface area contributed by atoms with Crippen LogP contribution in [0.3, 0.4) is 0 Å². The van der Waals surface area contributed by atoms with Gasteiger partial charge in [-0.3, -0.25) is 0 Å². The highest BCUT2D eigenvalue weighted by atomic mass is 35.5. The summed E-state index contributed by atoms with van der Waals surface area (Å²) in [5, 5.41) is 2.91. The lowest BCUT2D eigenvalue weighted by Crippen LogP contribution is -2.35. The predicted molar refractivity (Wildman–Crippen MR) is 89.2 cm³/mol. The summed E-state index contributed by atoms with van der Waals surface area (Å²) in [7, 11) is -5.35. The van der Waals surface area contributed by atoms with Gasteiger partial charge >= 0.3 is 0 Å². The molecule has 0 spiro atoms. The van der Waals surface area contributed by atoms with E-state index in [0.717, 1.165) is 0 Å². The van der Waals surface area contributed by atoms with Gasteiger partial charge in [-0.1, -0.05) is 18.2 Å². The highest BCUT2D eigenvalue weighted by Gasteiger charge is 2.15. The van der Waals surface area contributed by atoms with Crippen molar-refractivity contribution in [2.45, 2.75) is 11.3 Å². The first-order chi connectivity index (χ1) is 9.87. The summed E-state index contributed by atoms with van der Waals surface area (Å²) in [4.78, 5) is 0.115. The number of benzene rings is 1. The normalized spacial score (nSPS) is 11.9. The van der Waals surface area contributed by atoms with Crippen LogP contribution in [0.2, 0.25) is 0 Å². The maximum Gasteiger partial charge on any atom is 0.240 e. The number of hydrogen-bond donors (Lipinski definition) is 3. The van der Waals surface area contributed by atoms with Crippen LogP contribution >= 0.6 is 12.4 Å². The first-order valence-electron chi connectivity index (χ1n) is 6.54. The molecule has 1 aromatic rings. The standard InChI is InChI=1S/C12H21N3O4S2.ClH/c1-13-8-5-9-14-20(16,17)11-10-15-21(18,19)12-6-3-2-4-7-12;/h2-4,6-7,13-15H,5,8-11H2,1H3;1H. The summed E-state index contributed by atoms with van der Waals surface area (Å²) in [6.45, 7) is 0.871. The summed E-state index contributed by atoms with van der Waals surface area (Å²) in [6, 6.07) is 7.82. The quantitative estimate of drug-likeness (QED) is 0.499. The minimum absolute atomic E-state index is 0. The molecule has 128 valence electrons. The van der Waals surface area contributed by atoms with Crippen molar-refractivity contribution in [1.82, 2.24) is 14.8 Å². The Kier molecular flexibility index (Phi) is 9.81. The van der Waals surface area contributed by atoms with Crippen molar-refractivity contribution in [2.24, 2.45) is 0 Å². The molecule has 0 heterocycles. The minimum Gasteiger partial charge on any atom is -0.320 e. The first-order valence-corrected chi connectivity index (χ1v) is 9.67. The van der Waals surface area contributed by atoms with Gasteiger partial charge in [0.2, 0.25) is 20.0 Å². The van der Waals surface area contributed by atoms with Crippen LogP contribution in [0, 0.1) is 0 Å². The molecule has 0 aliphatic heterocycles. The molecule has 10 heteroatoms. The summed E-state index contributed by atoms with van der Waals surface area (Å²) in [5.74, 6) is -0.293. The van der Waals surface area contributed by atoms with Crippen LogP contribution in [-0.4, -0.2) is 49.3 Å². The van der Waals surface area contributed by atoms with E-state index in [-0.39, 0.29) is 29.6 Å². The van der Waals surface area contributed by atoms with E-state index in [9.17, 15) is 16.8 Å². The monoisotopic (exact) mass is 371 g/mol. The van der Waals surface area contributed by atoms with Gasteiger partial charge in [-0.2, -0.15) is 0 Å². The second kappa shape index (κ2) is 10.1. The molecule has 0 bridgehead atoms. The average Bonchev–Trinajstić information content (AvgIpc) is 2.44. The maximum atomic E-state index is 11.9. The first kappa shape index (κ1) is 21.3. The molecule has 0 aliphatic carbocycles. The minimum atomic E-state index is -3.66. The number of nitrogens with one attached hydrogen (secondary N) is 3. The van der Waals surface area contributed by atoms with Crippen LogP contribution in [0.1, 0.15) is 6.42 Å². The lowest BCUT2D eigenvalue weighted by atomic mass is 10.4. The van der Waals surface area contributed by atoms with E-state index in [1.54, 1.807) is 25.2 Å². The third-order valence-electron chi connectivity index (χ3n) is 2.64. The van der Waals surface area contributed by atoms with Gasteiger partial charge in [0.1, 0.15) is 0 Å². The third-order valence-corrected chi connectivity index (χ3v) is 5.50. The molecule has 1 aromatic carbocycles. The van der Waals surface area contributed by atoms with Gasteiger partial charge in [0.05, 0.1) is 10.6 Å². The molecular formula is C12H22ClN3O4S2. The fourth-order valence-corrected chi connectivity index (χ4v) is 3.71. The highest BCUT2D eigenvalue weighted by Crippen LogP contribution is 2.06. The molecule has 0 aliphatic rings. The van der Waals surface area contributed by atoms with E-state index in [1.807, 2.05) is 0 Å². The third kappa shape index (κ3) is 8.06. The Bertz CT molecular complexity index is 621. The Hall–Kier alpha value is -0.710. The van der Waals surface area contributed by atoms with Gasteiger partial charge in [-0.05, 0) is 32.1 Å². The van der Waals surface area contributed by atoms with Gasteiger partial charge in [-0.25, -0.2) is 26.3 Å². The Labute approximate surface area is 138 Å². The zero-order valence-electron chi connectivity index (χ0n) is 12.3. The van der Waals surface area contributed by atoms with E-state index in [1.165, 1.54) is 12.1 Å².